The fraction of sp³-hybridized carbons (Fsp3) is 0.571. The summed E-state index contributed by atoms with van der Waals surface area (Å²) in [5, 5.41) is 0. The summed E-state index contributed by atoms with van der Waals surface area (Å²) in [4.78, 5) is 18.5. The first-order valence-electron chi connectivity index (χ1n) is 6.50. The number of aromatic nitrogens is 1. The van der Waals surface area contributed by atoms with Crippen LogP contribution in [-0.4, -0.2) is 42.1 Å². The van der Waals surface area contributed by atoms with Crippen LogP contribution in [0.15, 0.2) is 18.2 Å². The minimum atomic E-state index is 0.0175. The molecular weight excluding hydrogens is 228 g/mol. The molecule has 0 atom stereocenters. The quantitative estimate of drug-likeness (QED) is 0.818. The van der Waals surface area contributed by atoms with E-state index in [1.807, 2.05) is 17.0 Å². The Morgan fingerprint density at radius 2 is 2.11 bits per heavy atom. The average Bonchev–Trinajstić information content (AvgIpc) is 2.38. The average molecular weight is 248 g/mol. The first-order valence-corrected chi connectivity index (χ1v) is 6.50. The highest BCUT2D eigenvalue weighted by Crippen LogP contribution is 2.09. The summed E-state index contributed by atoms with van der Waals surface area (Å²) < 4.78 is 5.25. The summed E-state index contributed by atoms with van der Waals surface area (Å²) in [5.41, 5.74) is 1.54. The number of ether oxygens (including phenoxy) is 1. The topological polar surface area (TPSA) is 42.4 Å². The first-order chi connectivity index (χ1) is 8.66. The second-order valence-electron chi connectivity index (χ2n) is 5.02. The molecular formula is C14H20N2O2. The molecule has 2 rings (SSSR count). The molecule has 1 amide bonds. The van der Waals surface area contributed by atoms with E-state index in [4.69, 9.17) is 4.74 Å². The normalized spacial score (nSPS) is 16.1. The summed E-state index contributed by atoms with van der Waals surface area (Å²) >= 11 is 0. The Kier molecular flexibility index (Phi) is 4.31. The molecule has 1 aromatic rings. The van der Waals surface area contributed by atoms with Gasteiger partial charge in [-0.25, -0.2) is 4.98 Å². The second kappa shape index (κ2) is 5.96. The Balaban J connectivity index is 2.09. The van der Waals surface area contributed by atoms with Crippen LogP contribution in [0, 0.1) is 5.92 Å². The van der Waals surface area contributed by atoms with Crippen molar-refractivity contribution in [1.29, 1.82) is 0 Å². The van der Waals surface area contributed by atoms with Crippen LogP contribution < -0.4 is 0 Å². The molecule has 98 valence electrons. The zero-order valence-electron chi connectivity index (χ0n) is 11.1. The van der Waals surface area contributed by atoms with Crippen molar-refractivity contribution in [3.63, 3.8) is 0 Å². The maximum absolute atomic E-state index is 12.2. The lowest BCUT2D eigenvalue weighted by Crippen LogP contribution is -2.41. The van der Waals surface area contributed by atoms with Crippen molar-refractivity contribution < 1.29 is 9.53 Å². The third-order valence-electron chi connectivity index (χ3n) is 2.94. The minimum Gasteiger partial charge on any atom is -0.378 e. The van der Waals surface area contributed by atoms with Gasteiger partial charge in [0.2, 0.25) is 0 Å². The van der Waals surface area contributed by atoms with Crippen LogP contribution in [0.2, 0.25) is 0 Å². The number of rotatable bonds is 3. The Hall–Kier alpha value is -1.42. The van der Waals surface area contributed by atoms with Crippen molar-refractivity contribution in [2.75, 3.05) is 26.3 Å². The number of amides is 1. The molecule has 1 aromatic heterocycles. The van der Waals surface area contributed by atoms with Gasteiger partial charge in [-0.2, -0.15) is 0 Å². The van der Waals surface area contributed by atoms with E-state index >= 15 is 0 Å². The maximum atomic E-state index is 12.2. The molecule has 2 heterocycles. The maximum Gasteiger partial charge on any atom is 0.272 e. The molecule has 4 nitrogen and oxygen atoms in total. The van der Waals surface area contributed by atoms with Crippen LogP contribution in [0.3, 0.4) is 0 Å². The first kappa shape index (κ1) is 13.0. The van der Waals surface area contributed by atoms with Gasteiger partial charge in [-0.3, -0.25) is 4.79 Å². The number of pyridine rings is 1. The van der Waals surface area contributed by atoms with Crippen LogP contribution >= 0.6 is 0 Å². The molecule has 1 saturated heterocycles. The van der Waals surface area contributed by atoms with Gasteiger partial charge < -0.3 is 9.64 Å². The molecule has 1 aliphatic heterocycles. The standard InChI is InChI=1S/C14H20N2O2/c1-11(2)10-12-4-3-5-13(15-12)14(17)16-6-8-18-9-7-16/h3-5,11H,6-10H2,1-2H3. The lowest BCUT2D eigenvalue weighted by molar-refractivity contribution is 0.0299. The van der Waals surface area contributed by atoms with Gasteiger partial charge in [0.05, 0.1) is 13.2 Å². The van der Waals surface area contributed by atoms with Crippen molar-refractivity contribution >= 4 is 5.91 Å². The predicted octanol–water partition coefficient (Wildman–Crippen LogP) is 1.75. The highest BCUT2D eigenvalue weighted by Gasteiger charge is 2.19. The number of morpholine rings is 1. The van der Waals surface area contributed by atoms with Gasteiger partial charge >= 0.3 is 0 Å². The predicted molar refractivity (Wildman–Crippen MR) is 69.5 cm³/mol. The van der Waals surface area contributed by atoms with Crippen molar-refractivity contribution in [2.45, 2.75) is 20.3 Å². The van der Waals surface area contributed by atoms with Crippen molar-refractivity contribution in [1.82, 2.24) is 9.88 Å². The SMILES string of the molecule is CC(C)Cc1cccc(C(=O)N2CCOCC2)n1. The van der Waals surface area contributed by atoms with Crippen LogP contribution in [0.4, 0.5) is 0 Å². The third kappa shape index (κ3) is 3.29. The zero-order valence-corrected chi connectivity index (χ0v) is 11.1. The Labute approximate surface area is 108 Å². The second-order valence-corrected chi connectivity index (χ2v) is 5.02. The molecule has 0 aliphatic carbocycles. The number of nitrogens with zero attached hydrogens (tertiary/aromatic N) is 2. The molecule has 0 spiro atoms. The molecule has 0 N–H and O–H groups in total. The number of hydrogen-bond donors (Lipinski definition) is 0. The van der Waals surface area contributed by atoms with Crippen LogP contribution in [-0.2, 0) is 11.2 Å². The van der Waals surface area contributed by atoms with Gasteiger partial charge in [-0.05, 0) is 24.5 Å². The van der Waals surface area contributed by atoms with Crippen molar-refractivity contribution in [3.8, 4) is 0 Å². The van der Waals surface area contributed by atoms with E-state index < -0.39 is 0 Å². The molecule has 0 saturated carbocycles. The zero-order chi connectivity index (χ0) is 13.0. The Morgan fingerprint density at radius 1 is 1.39 bits per heavy atom. The van der Waals surface area contributed by atoms with Crippen LogP contribution in [0.1, 0.15) is 30.0 Å². The van der Waals surface area contributed by atoms with E-state index in [1.165, 1.54) is 0 Å². The molecule has 0 radical (unpaired) electrons. The molecule has 1 fully saturated rings. The van der Waals surface area contributed by atoms with Crippen molar-refractivity contribution in [2.24, 2.45) is 5.92 Å². The molecule has 18 heavy (non-hydrogen) atoms. The van der Waals surface area contributed by atoms with E-state index in [0.29, 0.717) is 37.9 Å². The molecule has 1 aliphatic rings. The number of carbonyl (C=O) groups is 1. The Bertz CT molecular complexity index is 412. The van der Waals surface area contributed by atoms with Gasteiger partial charge in [0.25, 0.3) is 5.91 Å². The van der Waals surface area contributed by atoms with E-state index in [2.05, 4.69) is 18.8 Å². The summed E-state index contributed by atoms with van der Waals surface area (Å²) in [6.45, 7) is 6.87. The smallest absolute Gasteiger partial charge is 0.272 e. The summed E-state index contributed by atoms with van der Waals surface area (Å²) in [6.07, 6.45) is 0.907. The highest BCUT2D eigenvalue weighted by atomic mass is 16.5. The monoisotopic (exact) mass is 248 g/mol. The number of carbonyl (C=O) groups excluding carboxylic acids is 1. The largest absolute Gasteiger partial charge is 0.378 e. The third-order valence-corrected chi connectivity index (χ3v) is 2.94. The fourth-order valence-electron chi connectivity index (χ4n) is 2.06. The van der Waals surface area contributed by atoms with E-state index in [0.717, 1.165) is 12.1 Å². The summed E-state index contributed by atoms with van der Waals surface area (Å²) in [6, 6.07) is 5.69. The van der Waals surface area contributed by atoms with Crippen LogP contribution in [0.25, 0.3) is 0 Å². The number of hydrogen-bond acceptors (Lipinski definition) is 3. The summed E-state index contributed by atoms with van der Waals surface area (Å²) in [5.74, 6) is 0.565. The van der Waals surface area contributed by atoms with Gasteiger partial charge in [-0.15, -0.1) is 0 Å². The van der Waals surface area contributed by atoms with E-state index in [9.17, 15) is 4.79 Å². The molecule has 4 heteroatoms. The lowest BCUT2D eigenvalue weighted by atomic mass is 10.1. The molecule has 0 aromatic carbocycles. The Morgan fingerprint density at radius 3 is 2.78 bits per heavy atom. The van der Waals surface area contributed by atoms with Gasteiger partial charge in [0, 0.05) is 18.8 Å². The highest BCUT2D eigenvalue weighted by molar-refractivity contribution is 5.92. The minimum absolute atomic E-state index is 0.0175. The van der Waals surface area contributed by atoms with E-state index in [1.54, 1.807) is 6.07 Å². The van der Waals surface area contributed by atoms with Gasteiger partial charge in [0.15, 0.2) is 0 Å². The molecule has 0 unspecified atom stereocenters. The van der Waals surface area contributed by atoms with Gasteiger partial charge in [-0.1, -0.05) is 19.9 Å². The summed E-state index contributed by atoms with van der Waals surface area (Å²) in [7, 11) is 0. The van der Waals surface area contributed by atoms with Gasteiger partial charge in [0.1, 0.15) is 5.69 Å². The van der Waals surface area contributed by atoms with E-state index in [-0.39, 0.29) is 5.91 Å². The van der Waals surface area contributed by atoms with Crippen molar-refractivity contribution in [3.05, 3.63) is 29.6 Å². The van der Waals surface area contributed by atoms with Crippen LogP contribution in [0.5, 0.6) is 0 Å². The molecule has 0 bridgehead atoms. The fourth-order valence-corrected chi connectivity index (χ4v) is 2.06. The lowest BCUT2D eigenvalue weighted by Gasteiger charge is -2.26.